The highest BCUT2D eigenvalue weighted by atomic mass is 19.1. The zero-order chi connectivity index (χ0) is 14.4. The maximum Gasteiger partial charge on any atom is 0.307 e. The van der Waals surface area contributed by atoms with E-state index >= 15 is 0 Å². The summed E-state index contributed by atoms with van der Waals surface area (Å²) in [6.07, 6.45) is 1.73. The Hall–Kier alpha value is -2.58. The summed E-state index contributed by atoms with van der Waals surface area (Å²) >= 11 is 0. The molecule has 0 amide bonds. The van der Waals surface area contributed by atoms with Gasteiger partial charge in [-0.3, -0.25) is 10.1 Å². The zero-order valence-electron chi connectivity index (χ0n) is 10.1. The Balaban J connectivity index is 2.19. The molecule has 9 heteroatoms. The lowest BCUT2D eigenvalue weighted by molar-refractivity contribution is -0.387. The molecule has 3 rings (SSSR count). The first kappa shape index (κ1) is 12.5. The second-order valence-electron chi connectivity index (χ2n) is 4.56. The molecule has 0 radical (unpaired) electrons. The number of nitrogens with zero attached hydrogens (tertiary/aromatic N) is 4. The molecule has 1 fully saturated rings. The Kier molecular flexibility index (Phi) is 2.63. The van der Waals surface area contributed by atoms with Crippen LogP contribution in [0.15, 0.2) is 12.1 Å². The summed E-state index contributed by atoms with van der Waals surface area (Å²) in [6.45, 7) is 0. The SMILES string of the molecule is Nc1nnn(-c2cc([N+](=O)[O-])c(F)cc2F)c1C1CC1. The van der Waals surface area contributed by atoms with Gasteiger partial charge < -0.3 is 5.73 Å². The third kappa shape index (κ3) is 1.87. The summed E-state index contributed by atoms with van der Waals surface area (Å²) in [5.41, 5.74) is 5.12. The molecule has 1 heterocycles. The standard InChI is InChI=1S/C11H9F2N5O2/c12-6-3-7(13)9(18(19)20)4-8(6)17-10(5-1-2-5)11(14)15-16-17/h3-5H,1-2,14H2. The maximum atomic E-state index is 13.9. The highest BCUT2D eigenvalue weighted by molar-refractivity contribution is 5.49. The first-order chi connectivity index (χ1) is 9.49. The topological polar surface area (TPSA) is 99.9 Å². The molecule has 0 atom stereocenters. The minimum Gasteiger partial charge on any atom is -0.381 e. The molecule has 2 N–H and O–H groups in total. The van der Waals surface area contributed by atoms with E-state index in [4.69, 9.17) is 5.73 Å². The molecule has 0 spiro atoms. The summed E-state index contributed by atoms with van der Waals surface area (Å²) in [4.78, 5) is 9.80. The highest BCUT2D eigenvalue weighted by Crippen LogP contribution is 2.43. The molecule has 1 aromatic carbocycles. The van der Waals surface area contributed by atoms with E-state index in [0.717, 1.165) is 23.6 Å². The van der Waals surface area contributed by atoms with Crippen LogP contribution in [0.25, 0.3) is 5.69 Å². The Morgan fingerprint density at radius 3 is 2.65 bits per heavy atom. The molecular weight excluding hydrogens is 272 g/mol. The summed E-state index contributed by atoms with van der Waals surface area (Å²) in [6, 6.07) is 1.26. The Morgan fingerprint density at radius 1 is 1.35 bits per heavy atom. The summed E-state index contributed by atoms with van der Waals surface area (Å²) in [5, 5.41) is 18.1. The number of rotatable bonds is 3. The van der Waals surface area contributed by atoms with Gasteiger partial charge in [-0.2, -0.15) is 4.39 Å². The van der Waals surface area contributed by atoms with Gasteiger partial charge in [0.1, 0.15) is 5.69 Å². The number of halogens is 2. The molecule has 0 unspecified atom stereocenters. The molecular formula is C11H9F2N5O2. The van der Waals surface area contributed by atoms with Gasteiger partial charge in [0.25, 0.3) is 0 Å². The van der Waals surface area contributed by atoms with Crippen LogP contribution in [0, 0.1) is 21.7 Å². The molecule has 1 saturated carbocycles. The van der Waals surface area contributed by atoms with Crippen LogP contribution >= 0.6 is 0 Å². The number of nitro groups is 1. The van der Waals surface area contributed by atoms with E-state index in [0.29, 0.717) is 11.8 Å². The molecule has 104 valence electrons. The van der Waals surface area contributed by atoms with E-state index in [9.17, 15) is 18.9 Å². The van der Waals surface area contributed by atoms with Gasteiger partial charge in [0.05, 0.1) is 10.6 Å². The number of benzene rings is 1. The third-order valence-corrected chi connectivity index (χ3v) is 3.14. The number of nitrogen functional groups attached to an aromatic ring is 1. The fraction of sp³-hybridized carbons (Fsp3) is 0.273. The molecule has 0 bridgehead atoms. The van der Waals surface area contributed by atoms with Gasteiger partial charge in [-0.15, -0.1) is 5.10 Å². The Bertz CT molecular complexity index is 711. The van der Waals surface area contributed by atoms with Crippen molar-refractivity contribution < 1.29 is 13.7 Å². The molecule has 1 aliphatic carbocycles. The number of nitro benzene ring substituents is 1. The maximum absolute atomic E-state index is 13.9. The van der Waals surface area contributed by atoms with Crippen LogP contribution in [0.4, 0.5) is 20.3 Å². The van der Waals surface area contributed by atoms with Gasteiger partial charge in [-0.25, -0.2) is 9.07 Å². The molecule has 7 nitrogen and oxygen atoms in total. The molecule has 0 saturated heterocycles. The number of hydrogen-bond acceptors (Lipinski definition) is 5. The second kappa shape index (κ2) is 4.22. The van der Waals surface area contributed by atoms with Crippen molar-refractivity contribution >= 4 is 11.5 Å². The first-order valence-corrected chi connectivity index (χ1v) is 5.84. The smallest absolute Gasteiger partial charge is 0.307 e. The fourth-order valence-electron chi connectivity index (χ4n) is 2.05. The molecule has 1 aliphatic rings. The lowest BCUT2D eigenvalue weighted by Gasteiger charge is -2.07. The van der Waals surface area contributed by atoms with Crippen LogP contribution in [0.2, 0.25) is 0 Å². The predicted molar refractivity (Wildman–Crippen MR) is 64.3 cm³/mol. The van der Waals surface area contributed by atoms with E-state index < -0.39 is 22.2 Å². The number of nitrogens with two attached hydrogens (primary N) is 1. The Labute approximate surface area is 111 Å². The van der Waals surface area contributed by atoms with E-state index in [1.54, 1.807) is 0 Å². The van der Waals surface area contributed by atoms with Gasteiger partial charge >= 0.3 is 5.69 Å². The van der Waals surface area contributed by atoms with Crippen molar-refractivity contribution in [2.45, 2.75) is 18.8 Å². The van der Waals surface area contributed by atoms with E-state index in [1.165, 1.54) is 0 Å². The summed E-state index contributed by atoms with van der Waals surface area (Å²) in [5.74, 6) is -1.94. The molecule has 1 aromatic heterocycles. The van der Waals surface area contributed by atoms with Gasteiger partial charge in [0.15, 0.2) is 11.6 Å². The first-order valence-electron chi connectivity index (χ1n) is 5.84. The van der Waals surface area contributed by atoms with Crippen molar-refractivity contribution in [2.24, 2.45) is 0 Å². The van der Waals surface area contributed by atoms with Crippen molar-refractivity contribution in [2.75, 3.05) is 5.73 Å². The normalized spacial score (nSPS) is 14.5. The van der Waals surface area contributed by atoms with Crippen LogP contribution in [-0.2, 0) is 0 Å². The van der Waals surface area contributed by atoms with Crippen LogP contribution in [-0.4, -0.2) is 19.9 Å². The average molecular weight is 281 g/mol. The molecule has 0 aliphatic heterocycles. The van der Waals surface area contributed by atoms with Gasteiger partial charge in [0, 0.05) is 18.1 Å². The number of anilines is 1. The number of hydrogen-bond donors (Lipinski definition) is 1. The zero-order valence-corrected chi connectivity index (χ0v) is 10.1. The molecule has 2 aromatic rings. The van der Waals surface area contributed by atoms with Crippen molar-refractivity contribution in [3.63, 3.8) is 0 Å². The minimum absolute atomic E-state index is 0.105. The quantitative estimate of drug-likeness (QED) is 0.684. The van der Waals surface area contributed by atoms with Crippen molar-refractivity contribution in [1.29, 1.82) is 0 Å². The van der Waals surface area contributed by atoms with Crippen LogP contribution in [0.1, 0.15) is 24.5 Å². The van der Waals surface area contributed by atoms with E-state index in [1.807, 2.05) is 0 Å². The average Bonchev–Trinajstić information content (AvgIpc) is 3.13. The van der Waals surface area contributed by atoms with Crippen LogP contribution < -0.4 is 5.73 Å². The minimum atomic E-state index is -1.24. The lowest BCUT2D eigenvalue weighted by Crippen LogP contribution is -2.07. The predicted octanol–water partition coefficient (Wildman–Crippen LogP) is 1.91. The lowest BCUT2D eigenvalue weighted by atomic mass is 10.2. The fourth-order valence-corrected chi connectivity index (χ4v) is 2.05. The highest BCUT2D eigenvalue weighted by Gasteiger charge is 2.32. The van der Waals surface area contributed by atoms with E-state index in [2.05, 4.69) is 10.3 Å². The monoisotopic (exact) mass is 281 g/mol. The number of aromatic nitrogens is 3. The van der Waals surface area contributed by atoms with Gasteiger partial charge in [-0.05, 0) is 12.8 Å². The van der Waals surface area contributed by atoms with Crippen LogP contribution in [0.5, 0.6) is 0 Å². The van der Waals surface area contributed by atoms with Crippen molar-refractivity contribution in [3.8, 4) is 5.69 Å². The van der Waals surface area contributed by atoms with Crippen molar-refractivity contribution in [1.82, 2.24) is 15.0 Å². The van der Waals surface area contributed by atoms with Crippen molar-refractivity contribution in [3.05, 3.63) is 39.6 Å². The summed E-state index contributed by atoms with van der Waals surface area (Å²) in [7, 11) is 0. The van der Waals surface area contributed by atoms with Gasteiger partial charge in [-0.1, -0.05) is 5.21 Å². The van der Waals surface area contributed by atoms with Gasteiger partial charge in [0.2, 0.25) is 5.82 Å². The second-order valence-corrected chi connectivity index (χ2v) is 4.56. The van der Waals surface area contributed by atoms with Crippen LogP contribution in [0.3, 0.4) is 0 Å². The third-order valence-electron chi connectivity index (χ3n) is 3.14. The van der Waals surface area contributed by atoms with E-state index in [-0.39, 0.29) is 17.4 Å². The largest absolute Gasteiger partial charge is 0.381 e. The molecule has 20 heavy (non-hydrogen) atoms. The Morgan fingerprint density at radius 2 is 2.05 bits per heavy atom. The summed E-state index contributed by atoms with van der Waals surface area (Å²) < 4.78 is 28.3.